The van der Waals surface area contributed by atoms with E-state index in [0.717, 1.165) is 0 Å². The third-order valence-electron chi connectivity index (χ3n) is 2.00. The second-order valence-electron chi connectivity index (χ2n) is 3.03. The number of aryl methyl sites for hydroxylation is 1. The van der Waals surface area contributed by atoms with Crippen molar-refractivity contribution < 1.29 is 14.3 Å². The number of carbonyl (C=O) groups is 1. The zero-order valence-electron chi connectivity index (χ0n) is 8.28. The molecule has 0 aromatic carbocycles. The maximum atomic E-state index is 11.5. The van der Waals surface area contributed by atoms with Gasteiger partial charge in [-0.15, -0.1) is 0 Å². The maximum absolute atomic E-state index is 11.5. The number of aliphatic hydroxyl groups is 1. The fourth-order valence-corrected chi connectivity index (χ4v) is 1.05. The Kier molecular flexibility index (Phi) is 3.64. The van der Waals surface area contributed by atoms with Gasteiger partial charge in [0.05, 0.1) is 18.3 Å². The predicted octanol–water partition coefficient (Wildman–Crippen LogP) is 0.484. The van der Waals surface area contributed by atoms with Crippen molar-refractivity contribution in [1.29, 1.82) is 0 Å². The number of aliphatic hydroxyl groups excluding tert-OH is 1. The third-order valence-corrected chi connectivity index (χ3v) is 2.00. The van der Waals surface area contributed by atoms with Gasteiger partial charge in [-0.05, 0) is 13.3 Å². The summed E-state index contributed by atoms with van der Waals surface area (Å²) in [5, 5.41) is 11.5. The Morgan fingerprint density at radius 3 is 2.93 bits per heavy atom. The summed E-state index contributed by atoms with van der Waals surface area (Å²) in [7, 11) is 0. The molecule has 0 aliphatic rings. The molecular weight excluding hydrogens is 184 g/mol. The smallest absolute Gasteiger partial charge is 0.289 e. The number of aromatic nitrogens is 1. The minimum atomic E-state index is -0.332. The van der Waals surface area contributed by atoms with Crippen LogP contribution < -0.4 is 5.32 Å². The van der Waals surface area contributed by atoms with Gasteiger partial charge in [-0.1, -0.05) is 6.92 Å². The molecule has 2 N–H and O–H groups in total. The summed E-state index contributed by atoms with van der Waals surface area (Å²) < 4.78 is 4.91. The lowest BCUT2D eigenvalue weighted by molar-refractivity contribution is 0.0886. The van der Waals surface area contributed by atoms with Gasteiger partial charge >= 0.3 is 0 Å². The van der Waals surface area contributed by atoms with Crippen molar-refractivity contribution in [2.45, 2.75) is 26.3 Å². The summed E-state index contributed by atoms with van der Waals surface area (Å²) in [6, 6.07) is -0.230. The SMILES string of the molecule is CC[C@H](CO)NC(=O)c1ocnc1C. The standard InChI is InChI=1S/C9H14N2O3/c1-3-7(4-12)11-9(13)8-6(2)10-5-14-8/h5,7,12H,3-4H2,1-2H3,(H,11,13)/t7-/m1/s1. The molecule has 1 amide bonds. The summed E-state index contributed by atoms with van der Waals surface area (Å²) in [6.07, 6.45) is 1.90. The summed E-state index contributed by atoms with van der Waals surface area (Å²) in [6.45, 7) is 3.50. The van der Waals surface area contributed by atoms with Crippen LogP contribution in [0.15, 0.2) is 10.8 Å². The van der Waals surface area contributed by atoms with Gasteiger partial charge in [0.25, 0.3) is 5.91 Å². The van der Waals surface area contributed by atoms with Gasteiger partial charge in [-0.2, -0.15) is 0 Å². The average Bonchev–Trinajstić information content (AvgIpc) is 2.60. The van der Waals surface area contributed by atoms with Crippen LogP contribution in [0.3, 0.4) is 0 Å². The first-order chi connectivity index (χ1) is 6.69. The molecule has 0 saturated heterocycles. The first-order valence-corrected chi connectivity index (χ1v) is 4.50. The Bertz CT molecular complexity index is 305. The first-order valence-electron chi connectivity index (χ1n) is 4.50. The van der Waals surface area contributed by atoms with Crippen molar-refractivity contribution in [1.82, 2.24) is 10.3 Å². The van der Waals surface area contributed by atoms with Crippen molar-refractivity contribution in [2.24, 2.45) is 0 Å². The van der Waals surface area contributed by atoms with Crippen molar-refractivity contribution >= 4 is 5.91 Å². The van der Waals surface area contributed by atoms with Crippen molar-refractivity contribution in [3.05, 3.63) is 17.8 Å². The third kappa shape index (κ3) is 2.32. The molecule has 0 aliphatic heterocycles. The molecule has 1 aromatic heterocycles. The predicted molar refractivity (Wildman–Crippen MR) is 49.9 cm³/mol. The van der Waals surface area contributed by atoms with Gasteiger partial charge in [0, 0.05) is 0 Å². The highest BCUT2D eigenvalue weighted by atomic mass is 16.3. The molecule has 0 unspecified atom stereocenters. The number of hydrogen-bond donors (Lipinski definition) is 2. The molecule has 1 aromatic rings. The lowest BCUT2D eigenvalue weighted by Crippen LogP contribution is -2.37. The Morgan fingerprint density at radius 1 is 1.79 bits per heavy atom. The molecule has 0 radical (unpaired) electrons. The number of nitrogens with one attached hydrogen (secondary N) is 1. The first kappa shape index (κ1) is 10.7. The highest BCUT2D eigenvalue weighted by molar-refractivity contribution is 5.92. The van der Waals surface area contributed by atoms with E-state index in [9.17, 15) is 4.79 Å². The van der Waals surface area contributed by atoms with Crippen LogP contribution in [-0.2, 0) is 0 Å². The van der Waals surface area contributed by atoms with E-state index in [-0.39, 0.29) is 24.3 Å². The van der Waals surface area contributed by atoms with Crippen molar-refractivity contribution in [3.63, 3.8) is 0 Å². The van der Waals surface area contributed by atoms with Crippen LogP contribution >= 0.6 is 0 Å². The average molecular weight is 198 g/mol. The minimum absolute atomic E-state index is 0.0740. The Labute approximate surface area is 82.1 Å². The molecule has 0 bridgehead atoms. The number of nitrogens with zero attached hydrogens (tertiary/aromatic N) is 1. The molecule has 0 aliphatic carbocycles. The van der Waals surface area contributed by atoms with Gasteiger partial charge in [-0.25, -0.2) is 4.98 Å². The number of hydrogen-bond acceptors (Lipinski definition) is 4. The summed E-state index contributed by atoms with van der Waals surface area (Å²) >= 11 is 0. The molecule has 1 atom stereocenters. The van der Waals surface area contributed by atoms with E-state index >= 15 is 0 Å². The van der Waals surface area contributed by atoms with Gasteiger partial charge in [0.1, 0.15) is 0 Å². The Morgan fingerprint density at radius 2 is 2.50 bits per heavy atom. The topological polar surface area (TPSA) is 75.4 Å². The Hall–Kier alpha value is -1.36. The van der Waals surface area contributed by atoms with E-state index in [1.807, 2.05) is 6.92 Å². The van der Waals surface area contributed by atoms with Gasteiger partial charge in [0.2, 0.25) is 5.76 Å². The molecule has 0 saturated carbocycles. The number of oxazole rings is 1. The highest BCUT2D eigenvalue weighted by Crippen LogP contribution is 2.05. The van der Waals surface area contributed by atoms with Crippen LogP contribution in [0.4, 0.5) is 0 Å². The lowest BCUT2D eigenvalue weighted by atomic mass is 10.2. The van der Waals surface area contributed by atoms with Crippen LogP contribution in [-0.4, -0.2) is 28.6 Å². The van der Waals surface area contributed by atoms with E-state index in [4.69, 9.17) is 9.52 Å². The van der Waals surface area contributed by atoms with Gasteiger partial charge in [0.15, 0.2) is 6.39 Å². The largest absolute Gasteiger partial charge is 0.438 e. The monoisotopic (exact) mass is 198 g/mol. The van der Waals surface area contributed by atoms with Gasteiger partial charge < -0.3 is 14.8 Å². The van der Waals surface area contributed by atoms with E-state index in [1.54, 1.807) is 6.92 Å². The Balaban J connectivity index is 2.63. The van der Waals surface area contributed by atoms with E-state index in [1.165, 1.54) is 6.39 Å². The van der Waals surface area contributed by atoms with Gasteiger partial charge in [-0.3, -0.25) is 4.79 Å². The zero-order chi connectivity index (χ0) is 10.6. The summed E-state index contributed by atoms with van der Waals surface area (Å²) in [4.78, 5) is 15.3. The van der Waals surface area contributed by atoms with Crippen LogP contribution in [0.2, 0.25) is 0 Å². The molecule has 5 nitrogen and oxygen atoms in total. The second-order valence-corrected chi connectivity index (χ2v) is 3.03. The van der Waals surface area contributed by atoms with Crippen LogP contribution in [0.5, 0.6) is 0 Å². The highest BCUT2D eigenvalue weighted by Gasteiger charge is 2.16. The lowest BCUT2D eigenvalue weighted by Gasteiger charge is -2.12. The number of carbonyl (C=O) groups excluding carboxylic acids is 1. The van der Waals surface area contributed by atoms with Crippen molar-refractivity contribution in [3.8, 4) is 0 Å². The van der Waals surface area contributed by atoms with E-state index in [2.05, 4.69) is 10.3 Å². The molecule has 1 rings (SSSR count). The fourth-order valence-electron chi connectivity index (χ4n) is 1.05. The molecule has 5 heteroatoms. The maximum Gasteiger partial charge on any atom is 0.289 e. The zero-order valence-corrected chi connectivity index (χ0v) is 8.28. The normalized spacial score (nSPS) is 12.5. The fraction of sp³-hybridized carbons (Fsp3) is 0.556. The number of amides is 1. The minimum Gasteiger partial charge on any atom is -0.438 e. The molecule has 0 spiro atoms. The van der Waals surface area contributed by atoms with E-state index < -0.39 is 0 Å². The summed E-state index contributed by atoms with van der Waals surface area (Å²) in [5.74, 6) is -0.127. The quantitative estimate of drug-likeness (QED) is 0.738. The van der Waals surface area contributed by atoms with E-state index in [0.29, 0.717) is 12.1 Å². The molecule has 14 heavy (non-hydrogen) atoms. The van der Waals surface area contributed by atoms with Crippen molar-refractivity contribution in [2.75, 3.05) is 6.61 Å². The molecule has 78 valence electrons. The molecular formula is C9H14N2O3. The van der Waals surface area contributed by atoms with Crippen LogP contribution in [0.25, 0.3) is 0 Å². The van der Waals surface area contributed by atoms with Crippen LogP contribution in [0, 0.1) is 6.92 Å². The molecule has 1 heterocycles. The molecule has 0 fully saturated rings. The van der Waals surface area contributed by atoms with Crippen LogP contribution in [0.1, 0.15) is 29.6 Å². The summed E-state index contributed by atoms with van der Waals surface area (Å²) in [5.41, 5.74) is 0.551. The second kappa shape index (κ2) is 4.76. The number of rotatable bonds is 4.